The van der Waals surface area contributed by atoms with Crippen LogP contribution in [0, 0.1) is 5.82 Å². The maximum Gasteiger partial charge on any atom is 0.257 e. The minimum absolute atomic E-state index is 0.115. The molecule has 0 aliphatic rings. The summed E-state index contributed by atoms with van der Waals surface area (Å²) >= 11 is 0. The minimum Gasteiger partial charge on any atom is -0.389 e. The molecule has 0 saturated heterocycles. The van der Waals surface area contributed by atoms with Crippen LogP contribution in [0.5, 0.6) is 0 Å². The average Bonchev–Trinajstić information content (AvgIpc) is 2.27. The molecule has 1 amide bonds. The zero-order valence-corrected chi connectivity index (χ0v) is 10.8. The number of carbonyl (C=O) groups excluding carboxylic acids is 1. The third-order valence-electron chi connectivity index (χ3n) is 2.39. The summed E-state index contributed by atoms with van der Waals surface area (Å²) in [6, 6.07) is 1.28. The summed E-state index contributed by atoms with van der Waals surface area (Å²) in [5, 5.41) is 9.71. The lowest BCUT2D eigenvalue weighted by molar-refractivity contribution is 0.0312. The number of amides is 1. The van der Waals surface area contributed by atoms with Crippen LogP contribution in [0.25, 0.3) is 0 Å². The highest BCUT2D eigenvalue weighted by Crippen LogP contribution is 2.15. The van der Waals surface area contributed by atoms with Gasteiger partial charge in [0.25, 0.3) is 5.91 Å². The molecule has 0 radical (unpaired) electrons. The number of nitrogen functional groups attached to an aromatic ring is 1. The Hall–Kier alpha value is -1.69. The topological polar surface area (TPSA) is 79.5 Å². The number of aliphatic hydroxyl groups is 1. The van der Waals surface area contributed by atoms with Crippen molar-refractivity contribution < 1.29 is 14.3 Å². The van der Waals surface area contributed by atoms with Gasteiger partial charge in [-0.25, -0.2) is 9.37 Å². The van der Waals surface area contributed by atoms with E-state index in [1.54, 1.807) is 20.8 Å². The first kappa shape index (κ1) is 14.4. The Bertz CT molecular complexity index is 443. The SMILES string of the molecule is CCN(CC(C)(C)O)C(=O)c1ccnc(N)c1F. The highest BCUT2D eigenvalue weighted by molar-refractivity contribution is 5.95. The van der Waals surface area contributed by atoms with Crippen LogP contribution in [-0.2, 0) is 0 Å². The lowest BCUT2D eigenvalue weighted by Gasteiger charge is -2.28. The van der Waals surface area contributed by atoms with E-state index in [1.165, 1.54) is 17.2 Å². The van der Waals surface area contributed by atoms with Crippen molar-refractivity contribution in [2.24, 2.45) is 0 Å². The third-order valence-corrected chi connectivity index (χ3v) is 2.39. The van der Waals surface area contributed by atoms with Gasteiger partial charge in [0, 0.05) is 19.3 Å². The number of anilines is 1. The Morgan fingerprint density at radius 2 is 2.22 bits per heavy atom. The van der Waals surface area contributed by atoms with E-state index in [-0.39, 0.29) is 17.9 Å². The van der Waals surface area contributed by atoms with E-state index in [1.807, 2.05) is 0 Å². The first-order chi connectivity index (χ1) is 8.26. The van der Waals surface area contributed by atoms with Crippen LogP contribution in [-0.4, -0.2) is 39.6 Å². The fourth-order valence-electron chi connectivity index (χ4n) is 1.59. The predicted molar refractivity (Wildman–Crippen MR) is 66.5 cm³/mol. The summed E-state index contributed by atoms with van der Waals surface area (Å²) in [7, 11) is 0. The van der Waals surface area contributed by atoms with Crippen molar-refractivity contribution in [2.45, 2.75) is 26.4 Å². The molecule has 0 spiro atoms. The molecule has 1 heterocycles. The second-order valence-electron chi connectivity index (χ2n) is 4.69. The molecular weight excluding hydrogens is 237 g/mol. The fourth-order valence-corrected chi connectivity index (χ4v) is 1.59. The molecule has 100 valence electrons. The fraction of sp³-hybridized carbons (Fsp3) is 0.500. The van der Waals surface area contributed by atoms with Crippen LogP contribution < -0.4 is 5.73 Å². The van der Waals surface area contributed by atoms with Gasteiger partial charge in [0.15, 0.2) is 11.6 Å². The summed E-state index contributed by atoms with van der Waals surface area (Å²) in [4.78, 5) is 17.0. The van der Waals surface area contributed by atoms with Gasteiger partial charge < -0.3 is 15.7 Å². The number of aromatic nitrogens is 1. The molecule has 0 saturated carbocycles. The van der Waals surface area contributed by atoms with E-state index in [9.17, 15) is 14.3 Å². The van der Waals surface area contributed by atoms with Crippen LogP contribution in [0.2, 0.25) is 0 Å². The molecule has 6 heteroatoms. The molecule has 0 aromatic carbocycles. The Kier molecular flexibility index (Phi) is 4.24. The van der Waals surface area contributed by atoms with Crippen molar-refractivity contribution in [3.8, 4) is 0 Å². The quantitative estimate of drug-likeness (QED) is 0.842. The third kappa shape index (κ3) is 3.40. The number of hydrogen-bond acceptors (Lipinski definition) is 4. The molecule has 0 unspecified atom stereocenters. The molecule has 1 aromatic heterocycles. The van der Waals surface area contributed by atoms with Crippen molar-refractivity contribution in [3.63, 3.8) is 0 Å². The summed E-state index contributed by atoms with van der Waals surface area (Å²) < 4.78 is 13.7. The Morgan fingerprint density at radius 3 is 2.72 bits per heavy atom. The number of nitrogens with two attached hydrogens (primary N) is 1. The molecular formula is C12H18FN3O2. The number of carbonyl (C=O) groups is 1. The largest absolute Gasteiger partial charge is 0.389 e. The van der Waals surface area contributed by atoms with E-state index in [0.717, 1.165) is 0 Å². The monoisotopic (exact) mass is 255 g/mol. The lowest BCUT2D eigenvalue weighted by atomic mass is 10.1. The Balaban J connectivity index is 3.01. The first-order valence-electron chi connectivity index (χ1n) is 5.68. The van der Waals surface area contributed by atoms with Crippen LogP contribution in [0.4, 0.5) is 10.2 Å². The standard InChI is InChI=1S/C12H18FN3O2/c1-4-16(7-12(2,3)18)11(17)8-5-6-15-10(14)9(8)13/h5-6,18H,4,7H2,1-3H3,(H2,14,15). The number of nitrogens with zero attached hydrogens (tertiary/aromatic N) is 2. The molecule has 0 aliphatic carbocycles. The number of pyridine rings is 1. The molecule has 1 rings (SSSR count). The summed E-state index contributed by atoms with van der Waals surface area (Å²) in [5.74, 6) is -1.64. The van der Waals surface area contributed by atoms with Gasteiger partial charge in [0.1, 0.15) is 0 Å². The van der Waals surface area contributed by atoms with Gasteiger partial charge in [0.05, 0.1) is 11.2 Å². The van der Waals surface area contributed by atoms with E-state index < -0.39 is 17.3 Å². The van der Waals surface area contributed by atoms with Gasteiger partial charge in [-0.15, -0.1) is 0 Å². The maximum absolute atomic E-state index is 13.7. The van der Waals surface area contributed by atoms with Crippen LogP contribution in [0.1, 0.15) is 31.1 Å². The van der Waals surface area contributed by atoms with E-state index in [4.69, 9.17) is 5.73 Å². The number of rotatable bonds is 4. The molecule has 0 bridgehead atoms. The van der Waals surface area contributed by atoms with Crippen molar-refractivity contribution in [1.82, 2.24) is 9.88 Å². The molecule has 0 fully saturated rings. The molecule has 0 aliphatic heterocycles. The zero-order chi connectivity index (χ0) is 13.9. The van der Waals surface area contributed by atoms with Crippen LogP contribution in [0.3, 0.4) is 0 Å². The second-order valence-corrected chi connectivity index (χ2v) is 4.69. The lowest BCUT2D eigenvalue weighted by Crippen LogP contribution is -2.42. The van der Waals surface area contributed by atoms with Gasteiger partial charge in [-0.2, -0.15) is 0 Å². The number of halogens is 1. The van der Waals surface area contributed by atoms with Gasteiger partial charge in [-0.3, -0.25) is 4.79 Å². The molecule has 5 nitrogen and oxygen atoms in total. The highest BCUT2D eigenvalue weighted by Gasteiger charge is 2.24. The highest BCUT2D eigenvalue weighted by atomic mass is 19.1. The van der Waals surface area contributed by atoms with Crippen LogP contribution in [0.15, 0.2) is 12.3 Å². The number of hydrogen-bond donors (Lipinski definition) is 2. The Labute approximate surface area is 105 Å². The summed E-state index contributed by atoms with van der Waals surface area (Å²) in [6.45, 7) is 5.40. The number of likely N-dealkylation sites (N-methyl/N-ethyl adjacent to an activating group) is 1. The van der Waals surface area contributed by atoms with Gasteiger partial charge in [-0.1, -0.05) is 0 Å². The first-order valence-corrected chi connectivity index (χ1v) is 5.68. The molecule has 3 N–H and O–H groups in total. The second kappa shape index (κ2) is 5.30. The van der Waals surface area contributed by atoms with Gasteiger partial charge in [-0.05, 0) is 26.8 Å². The zero-order valence-electron chi connectivity index (χ0n) is 10.8. The van der Waals surface area contributed by atoms with Crippen molar-refractivity contribution in [2.75, 3.05) is 18.8 Å². The minimum atomic E-state index is -1.04. The van der Waals surface area contributed by atoms with Crippen molar-refractivity contribution in [1.29, 1.82) is 0 Å². The molecule has 1 aromatic rings. The van der Waals surface area contributed by atoms with E-state index in [2.05, 4.69) is 4.98 Å². The summed E-state index contributed by atoms with van der Waals surface area (Å²) in [5.41, 5.74) is 4.15. The van der Waals surface area contributed by atoms with Crippen LogP contribution >= 0.6 is 0 Å². The smallest absolute Gasteiger partial charge is 0.257 e. The average molecular weight is 255 g/mol. The maximum atomic E-state index is 13.7. The van der Waals surface area contributed by atoms with E-state index >= 15 is 0 Å². The van der Waals surface area contributed by atoms with Gasteiger partial charge >= 0.3 is 0 Å². The normalized spacial score (nSPS) is 11.4. The summed E-state index contributed by atoms with van der Waals surface area (Å²) in [6.07, 6.45) is 1.28. The van der Waals surface area contributed by atoms with Gasteiger partial charge in [0.2, 0.25) is 0 Å². The van der Waals surface area contributed by atoms with Crippen molar-refractivity contribution in [3.05, 3.63) is 23.6 Å². The van der Waals surface area contributed by atoms with E-state index in [0.29, 0.717) is 6.54 Å². The van der Waals surface area contributed by atoms with Crippen molar-refractivity contribution >= 4 is 11.7 Å². The molecule has 0 atom stereocenters. The predicted octanol–water partition coefficient (Wildman–Crippen LogP) is 1.04. The molecule has 18 heavy (non-hydrogen) atoms. The Morgan fingerprint density at radius 1 is 1.61 bits per heavy atom.